The van der Waals surface area contributed by atoms with Crippen molar-refractivity contribution in [1.29, 1.82) is 0 Å². The monoisotopic (exact) mass is 312 g/mol. The normalized spacial score (nSPS) is 12.5. The molecule has 1 heterocycles. The van der Waals surface area contributed by atoms with Crippen molar-refractivity contribution >= 4 is 17.3 Å². The fraction of sp³-hybridized carbons (Fsp3) is 0.733. The Labute approximate surface area is 132 Å². The molecule has 0 aliphatic heterocycles. The standard InChI is InChI=1S/C15H28N4OS/c1-6-20-10-9-18-14(16-5)17-8-7-13-19-12(11-21-13)15(2,3)4/h11H,6-10H2,1-5H3,(H2,16,17,18). The Bertz CT molecular complexity index is 437. The van der Waals surface area contributed by atoms with Crippen LogP contribution in [0.1, 0.15) is 38.4 Å². The fourth-order valence-electron chi connectivity index (χ4n) is 1.66. The molecule has 1 aromatic rings. The summed E-state index contributed by atoms with van der Waals surface area (Å²) in [4.78, 5) is 8.87. The third-order valence-corrected chi connectivity index (χ3v) is 3.83. The average molecular weight is 312 g/mol. The van der Waals surface area contributed by atoms with Crippen LogP contribution in [0.2, 0.25) is 0 Å². The lowest BCUT2D eigenvalue weighted by Crippen LogP contribution is -2.39. The molecule has 0 radical (unpaired) electrons. The van der Waals surface area contributed by atoms with Gasteiger partial charge in [0.05, 0.1) is 17.3 Å². The van der Waals surface area contributed by atoms with E-state index < -0.39 is 0 Å². The second kappa shape index (κ2) is 9.00. The third kappa shape index (κ3) is 6.91. The Morgan fingerprint density at radius 2 is 2.05 bits per heavy atom. The first-order chi connectivity index (χ1) is 9.97. The molecule has 0 aliphatic carbocycles. The van der Waals surface area contributed by atoms with Crippen LogP contribution in [0.4, 0.5) is 0 Å². The molecule has 0 spiro atoms. The van der Waals surface area contributed by atoms with Gasteiger partial charge in [0, 0.05) is 44.0 Å². The van der Waals surface area contributed by atoms with Crippen molar-refractivity contribution < 1.29 is 4.74 Å². The van der Waals surface area contributed by atoms with E-state index in [9.17, 15) is 0 Å². The Hall–Kier alpha value is -1.14. The van der Waals surface area contributed by atoms with Crippen LogP contribution in [0.5, 0.6) is 0 Å². The fourth-order valence-corrected chi connectivity index (χ4v) is 2.69. The van der Waals surface area contributed by atoms with E-state index >= 15 is 0 Å². The zero-order valence-corrected chi connectivity index (χ0v) is 14.6. The van der Waals surface area contributed by atoms with Crippen LogP contribution in [-0.2, 0) is 16.6 Å². The first-order valence-corrected chi connectivity index (χ1v) is 8.32. The van der Waals surface area contributed by atoms with E-state index in [0.29, 0.717) is 6.61 Å². The summed E-state index contributed by atoms with van der Waals surface area (Å²) in [6.45, 7) is 11.6. The summed E-state index contributed by atoms with van der Waals surface area (Å²) in [5, 5.41) is 9.83. The van der Waals surface area contributed by atoms with Crippen LogP contribution in [0, 0.1) is 0 Å². The van der Waals surface area contributed by atoms with Crippen molar-refractivity contribution in [2.45, 2.75) is 39.5 Å². The van der Waals surface area contributed by atoms with Crippen molar-refractivity contribution in [1.82, 2.24) is 15.6 Å². The Morgan fingerprint density at radius 3 is 2.62 bits per heavy atom. The largest absolute Gasteiger partial charge is 0.380 e. The van der Waals surface area contributed by atoms with E-state index in [1.54, 1.807) is 18.4 Å². The highest BCUT2D eigenvalue weighted by Gasteiger charge is 2.17. The minimum absolute atomic E-state index is 0.124. The Balaban J connectivity index is 2.30. The number of aromatic nitrogens is 1. The quantitative estimate of drug-likeness (QED) is 0.460. The van der Waals surface area contributed by atoms with E-state index in [0.717, 1.165) is 37.1 Å². The van der Waals surface area contributed by atoms with Crippen LogP contribution < -0.4 is 10.6 Å². The molecule has 0 aliphatic rings. The van der Waals surface area contributed by atoms with Crippen molar-refractivity contribution in [2.24, 2.45) is 4.99 Å². The van der Waals surface area contributed by atoms with Gasteiger partial charge in [-0.1, -0.05) is 20.8 Å². The number of hydrogen-bond acceptors (Lipinski definition) is 4. The second-order valence-electron chi connectivity index (χ2n) is 5.75. The van der Waals surface area contributed by atoms with Gasteiger partial charge in [0.2, 0.25) is 0 Å². The minimum Gasteiger partial charge on any atom is -0.380 e. The maximum atomic E-state index is 5.28. The van der Waals surface area contributed by atoms with Gasteiger partial charge in [0.15, 0.2) is 5.96 Å². The molecule has 1 rings (SSSR count). The van der Waals surface area contributed by atoms with Crippen LogP contribution in [0.3, 0.4) is 0 Å². The smallest absolute Gasteiger partial charge is 0.191 e. The highest BCUT2D eigenvalue weighted by molar-refractivity contribution is 7.09. The van der Waals surface area contributed by atoms with Crippen molar-refractivity contribution in [3.63, 3.8) is 0 Å². The molecule has 0 saturated heterocycles. The molecule has 0 unspecified atom stereocenters. The lowest BCUT2D eigenvalue weighted by atomic mass is 9.93. The molecule has 1 aromatic heterocycles. The topological polar surface area (TPSA) is 58.5 Å². The summed E-state index contributed by atoms with van der Waals surface area (Å²) in [6.07, 6.45) is 0.910. The highest BCUT2D eigenvalue weighted by Crippen LogP contribution is 2.23. The summed E-state index contributed by atoms with van der Waals surface area (Å²) in [6, 6.07) is 0. The zero-order valence-electron chi connectivity index (χ0n) is 13.8. The predicted octanol–water partition coefficient (Wildman–Crippen LogP) is 2.18. The van der Waals surface area contributed by atoms with Crippen molar-refractivity contribution in [2.75, 3.05) is 33.4 Å². The van der Waals surface area contributed by atoms with Gasteiger partial charge >= 0.3 is 0 Å². The predicted molar refractivity (Wildman–Crippen MR) is 90.4 cm³/mol. The summed E-state index contributed by atoms with van der Waals surface area (Å²) in [7, 11) is 1.77. The number of aliphatic imine (C=N–C) groups is 1. The molecule has 21 heavy (non-hydrogen) atoms. The Morgan fingerprint density at radius 1 is 1.33 bits per heavy atom. The van der Waals surface area contributed by atoms with Crippen molar-refractivity contribution in [3.8, 4) is 0 Å². The number of rotatable bonds is 7. The summed E-state index contributed by atoms with van der Waals surface area (Å²) >= 11 is 1.73. The van der Waals surface area contributed by atoms with Gasteiger partial charge in [-0.25, -0.2) is 4.98 Å². The van der Waals surface area contributed by atoms with Gasteiger partial charge in [-0.05, 0) is 6.92 Å². The van der Waals surface area contributed by atoms with E-state index in [2.05, 4.69) is 46.8 Å². The molecule has 0 fully saturated rings. The lowest BCUT2D eigenvalue weighted by molar-refractivity contribution is 0.152. The molecule has 0 saturated carbocycles. The number of nitrogens with zero attached hydrogens (tertiary/aromatic N) is 2. The van der Waals surface area contributed by atoms with Gasteiger partial charge in [0.1, 0.15) is 0 Å². The number of ether oxygens (including phenoxy) is 1. The van der Waals surface area contributed by atoms with Crippen molar-refractivity contribution in [3.05, 3.63) is 16.1 Å². The first kappa shape index (κ1) is 17.9. The zero-order chi connectivity index (χ0) is 15.7. The molecule has 0 atom stereocenters. The maximum Gasteiger partial charge on any atom is 0.191 e. The minimum atomic E-state index is 0.124. The molecule has 120 valence electrons. The van der Waals surface area contributed by atoms with Crippen LogP contribution >= 0.6 is 11.3 Å². The van der Waals surface area contributed by atoms with Gasteiger partial charge in [-0.3, -0.25) is 4.99 Å². The van der Waals surface area contributed by atoms with Crippen LogP contribution in [-0.4, -0.2) is 44.3 Å². The summed E-state index contributed by atoms with van der Waals surface area (Å²) in [5.74, 6) is 0.808. The highest BCUT2D eigenvalue weighted by atomic mass is 32.1. The van der Waals surface area contributed by atoms with Gasteiger partial charge in [-0.2, -0.15) is 0 Å². The Kier molecular flexibility index (Phi) is 7.67. The third-order valence-electron chi connectivity index (χ3n) is 2.92. The molecular weight excluding hydrogens is 284 g/mol. The number of nitrogens with one attached hydrogen (secondary N) is 2. The van der Waals surface area contributed by atoms with Crippen LogP contribution in [0.25, 0.3) is 0 Å². The molecule has 2 N–H and O–H groups in total. The number of thiazole rings is 1. The van der Waals surface area contributed by atoms with E-state index in [-0.39, 0.29) is 5.41 Å². The summed E-state index contributed by atoms with van der Waals surface area (Å²) in [5.41, 5.74) is 1.29. The van der Waals surface area contributed by atoms with Gasteiger partial charge in [0.25, 0.3) is 0 Å². The maximum absolute atomic E-state index is 5.28. The van der Waals surface area contributed by atoms with E-state index in [4.69, 9.17) is 4.74 Å². The first-order valence-electron chi connectivity index (χ1n) is 7.44. The van der Waals surface area contributed by atoms with Gasteiger partial charge in [-0.15, -0.1) is 11.3 Å². The molecule has 0 aromatic carbocycles. The van der Waals surface area contributed by atoms with Crippen LogP contribution in [0.15, 0.2) is 10.4 Å². The molecule has 0 bridgehead atoms. The number of hydrogen-bond donors (Lipinski definition) is 2. The molecule has 0 amide bonds. The average Bonchev–Trinajstić information content (AvgIpc) is 2.90. The number of guanidine groups is 1. The molecule has 5 nitrogen and oxygen atoms in total. The lowest BCUT2D eigenvalue weighted by Gasteiger charge is -2.14. The second-order valence-corrected chi connectivity index (χ2v) is 6.69. The summed E-state index contributed by atoms with van der Waals surface area (Å²) < 4.78 is 5.28. The molecular formula is C15H28N4OS. The van der Waals surface area contributed by atoms with E-state index in [1.807, 2.05) is 6.92 Å². The molecule has 6 heteroatoms. The SMILES string of the molecule is CCOCCNC(=NC)NCCc1nc(C(C)(C)C)cs1. The van der Waals surface area contributed by atoms with E-state index in [1.165, 1.54) is 5.69 Å². The van der Waals surface area contributed by atoms with Gasteiger partial charge < -0.3 is 15.4 Å².